The highest BCUT2D eigenvalue weighted by Gasteiger charge is 2.18. The SMILES string of the molecule is CCCCC/C=C\CCCCCCCC(=O)OCC/C=C\C/C=C\CCCCCCCCCCCCCCCCC(=O)NC(CO)C(O)/C=C/CCCCCCCCCCCCCCCCCCCCCC. The molecule has 72 heavy (non-hydrogen) atoms. The third kappa shape index (κ3) is 57.1. The Morgan fingerprint density at radius 2 is 0.694 bits per heavy atom. The maximum absolute atomic E-state index is 12.5. The maximum atomic E-state index is 12.5. The van der Waals surface area contributed by atoms with E-state index in [2.05, 4.69) is 55.6 Å². The maximum Gasteiger partial charge on any atom is 0.305 e. The summed E-state index contributed by atoms with van der Waals surface area (Å²) in [6, 6.07) is -0.634. The molecule has 0 aliphatic carbocycles. The summed E-state index contributed by atoms with van der Waals surface area (Å²) in [5.74, 6) is -0.117. The number of carbonyl (C=O) groups is 2. The number of rotatable bonds is 59. The summed E-state index contributed by atoms with van der Waals surface area (Å²) in [5, 5.41) is 23.2. The summed E-state index contributed by atoms with van der Waals surface area (Å²) in [6.45, 7) is 4.78. The quantitative estimate of drug-likeness (QED) is 0.0320. The number of aliphatic hydroxyl groups excluding tert-OH is 2. The van der Waals surface area contributed by atoms with Crippen molar-refractivity contribution in [3.8, 4) is 0 Å². The molecule has 0 aliphatic heterocycles. The van der Waals surface area contributed by atoms with Gasteiger partial charge in [0.05, 0.1) is 25.4 Å². The molecule has 422 valence electrons. The van der Waals surface area contributed by atoms with Gasteiger partial charge in [0, 0.05) is 12.8 Å². The first kappa shape index (κ1) is 69.8. The van der Waals surface area contributed by atoms with E-state index in [1.807, 2.05) is 6.08 Å². The first-order valence-electron chi connectivity index (χ1n) is 31.9. The summed E-state index contributed by atoms with van der Waals surface area (Å²) >= 11 is 0. The standard InChI is InChI=1S/C66H123NO5/c1-3-5-7-9-11-13-15-17-18-19-20-21-23-26-29-32-35-38-42-46-50-54-58-64(69)63(62-68)67-65(70)59-55-51-47-43-39-36-33-30-27-24-22-25-28-31-34-37-41-45-49-53-57-61-72-66(71)60-56-52-48-44-40-16-14-12-10-8-6-4-2/h12,14,37,41,49,53-54,58,63-64,68-69H,3-11,13,15-36,38-40,42-48,50-52,55-57,59-62H2,1-2H3,(H,67,70)/b14-12-,41-37-,53-49-,58-54+. The summed E-state index contributed by atoms with van der Waals surface area (Å²) in [5.41, 5.74) is 0. The number of amides is 1. The fourth-order valence-corrected chi connectivity index (χ4v) is 9.70. The molecule has 3 N–H and O–H groups in total. The van der Waals surface area contributed by atoms with Gasteiger partial charge in [0.2, 0.25) is 5.91 Å². The fourth-order valence-electron chi connectivity index (χ4n) is 9.70. The Morgan fingerprint density at radius 3 is 1.10 bits per heavy atom. The normalized spacial score (nSPS) is 12.9. The van der Waals surface area contributed by atoms with Crippen LogP contribution in [-0.2, 0) is 14.3 Å². The molecule has 0 aromatic heterocycles. The van der Waals surface area contributed by atoms with Gasteiger partial charge in [-0.15, -0.1) is 0 Å². The molecule has 0 radical (unpaired) electrons. The van der Waals surface area contributed by atoms with Crippen LogP contribution >= 0.6 is 0 Å². The summed E-state index contributed by atoms with van der Waals surface area (Å²) in [7, 11) is 0. The molecule has 0 spiro atoms. The van der Waals surface area contributed by atoms with E-state index in [0.29, 0.717) is 19.4 Å². The molecular formula is C66H123NO5. The Hall–Kier alpha value is -2.18. The third-order valence-electron chi connectivity index (χ3n) is 14.6. The van der Waals surface area contributed by atoms with E-state index < -0.39 is 12.1 Å². The highest BCUT2D eigenvalue weighted by atomic mass is 16.5. The first-order chi connectivity index (χ1) is 35.5. The molecule has 0 fully saturated rings. The molecule has 2 unspecified atom stereocenters. The van der Waals surface area contributed by atoms with E-state index in [9.17, 15) is 19.8 Å². The molecule has 0 saturated heterocycles. The Labute approximate surface area is 448 Å². The van der Waals surface area contributed by atoms with Gasteiger partial charge in [-0.25, -0.2) is 0 Å². The van der Waals surface area contributed by atoms with Crippen LogP contribution in [0, 0.1) is 0 Å². The molecule has 0 aliphatic rings. The van der Waals surface area contributed by atoms with Gasteiger partial charge in [-0.3, -0.25) is 9.59 Å². The van der Waals surface area contributed by atoms with E-state index in [1.165, 1.54) is 257 Å². The Kier molecular flexibility index (Phi) is 59.5. The number of esters is 1. The molecule has 2 atom stereocenters. The van der Waals surface area contributed by atoms with Gasteiger partial charge in [-0.05, 0) is 77.0 Å². The van der Waals surface area contributed by atoms with E-state index in [0.717, 1.165) is 51.4 Å². The molecule has 6 nitrogen and oxygen atoms in total. The van der Waals surface area contributed by atoms with Crippen molar-refractivity contribution in [3.05, 3.63) is 48.6 Å². The van der Waals surface area contributed by atoms with Crippen LogP contribution in [-0.4, -0.2) is 47.4 Å². The van der Waals surface area contributed by atoms with Crippen LogP contribution in [0.15, 0.2) is 48.6 Å². The summed E-state index contributed by atoms with van der Waals surface area (Å²) in [6.07, 6.45) is 78.9. The first-order valence-corrected chi connectivity index (χ1v) is 31.9. The highest BCUT2D eigenvalue weighted by molar-refractivity contribution is 5.76. The molecule has 0 aromatic rings. The zero-order valence-corrected chi connectivity index (χ0v) is 48.2. The average molecular weight is 1010 g/mol. The van der Waals surface area contributed by atoms with Crippen LogP contribution in [0.1, 0.15) is 335 Å². The van der Waals surface area contributed by atoms with Crippen LogP contribution < -0.4 is 5.32 Å². The lowest BCUT2D eigenvalue weighted by molar-refractivity contribution is -0.143. The fraction of sp³-hybridized carbons (Fsp3) is 0.848. The van der Waals surface area contributed by atoms with Gasteiger partial charge < -0.3 is 20.3 Å². The minimum atomic E-state index is -0.850. The summed E-state index contributed by atoms with van der Waals surface area (Å²) < 4.78 is 5.40. The van der Waals surface area contributed by atoms with Crippen molar-refractivity contribution >= 4 is 11.9 Å². The number of carbonyl (C=O) groups excluding carboxylic acids is 2. The summed E-state index contributed by atoms with van der Waals surface area (Å²) in [4.78, 5) is 24.5. The second kappa shape index (κ2) is 61.4. The van der Waals surface area contributed by atoms with Crippen molar-refractivity contribution in [2.45, 2.75) is 347 Å². The average Bonchev–Trinajstić information content (AvgIpc) is 3.38. The highest BCUT2D eigenvalue weighted by Crippen LogP contribution is 2.17. The number of nitrogens with one attached hydrogen (secondary N) is 1. The number of ether oxygens (including phenoxy) is 1. The number of hydrogen-bond donors (Lipinski definition) is 3. The van der Waals surface area contributed by atoms with Crippen LogP contribution in [0.5, 0.6) is 0 Å². The number of allylic oxidation sites excluding steroid dienone is 6. The van der Waals surface area contributed by atoms with Crippen LogP contribution in [0.2, 0.25) is 0 Å². The van der Waals surface area contributed by atoms with Gasteiger partial charge in [-0.2, -0.15) is 0 Å². The predicted molar refractivity (Wildman–Crippen MR) is 315 cm³/mol. The second-order valence-electron chi connectivity index (χ2n) is 21.7. The van der Waals surface area contributed by atoms with Gasteiger partial charge in [0.1, 0.15) is 0 Å². The Bertz CT molecular complexity index is 1210. The number of aliphatic hydroxyl groups is 2. The molecule has 0 rings (SSSR count). The van der Waals surface area contributed by atoms with Gasteiger partial charge in [0.25, 0.3) is 0 Å². The minimum Gasteiger partial charge on any atom is -0.465 e. The Morgan fingerprint density at radius 1 is 0.389 bits per heavy atom. The predicted octanol–water partition coefficient (Wildman–Crippen LogP) is 20.1. The molecule has 0 heterocycles. The van der Waals surface area contributed by atoms with Gasteiger partial charge in [-0.1, -0.05) is 294 Å². The number of hydrogen-bond acceptors (Lipinski definition) is 5. The third-order valence-corrected chi connectivity index (χ3v) is 14.6. The van der Waals surface area contributed by atoms with E-state index in [4.69, 9.17) is 4.74 Å². The zero-order valence-electron chi connectivity index (χ0n) is 48.2. The smallest absolute Gasteiger partial charge is 0.305 e. The van der Waals surface area contributed by atoms with Crippen molar-refractivity contribution in [1.29, 1.82) is 0 Å². The topological polar surface area (TPSA) is 95.9 Å². The second-order valence-corrected chi connectivity index (χ2v) is 21.7. The molecule has 0 aromatic carbocycles. The van der Waals surface area contributed by atoms with E-state index in [-0.39, 0.29) is 18.5 Å². The molecule has 1 amide bonds. The molecule has 6 heteroatoms. The molecular weight excluding hydrogens is 887 g/mol. The van der Waals surface area contributed by atoms with Gasteiger partial charge in [0.15, 0.2) is 0 Å². The van der Waals surface area contributed by atoms with Crippen LogP contribution in [0.25, 0.3) is 0 Å². The number of unbranched alkanes of at least 4 members (excludes halogenated alkanes) is 42. The van der Waals surface area contributed by atoms with Crippen molar-refractivity contribution in [3.63, 3.8) is 0 Å². The van der Waals surface area contributed by atoms with Crippen molar-refractivity contribution in [1.82, 2.24) is 5.32 Å². The molecule has 0 saturated carbocycles. The Balaban J connectivity index is 3.49. The van der Waals surface area contributed by atoms with Crippen molar-refractivity contribution in [2.24, 2.45) is 0 Å². The lowest BCUT2D eigenvalue weighted by Gasteiger charge is -2.20. The van der Waals surface area contributed by atoms with E-state index in [1.54, 1.807) is 6.08 Å². The lowest BCUT2D eigenvalue weighted by atomic mass is 10.0. The van der Waals surface area contributed by atoms with Gasteiger partial charge >= 0.3 is 5.97 Å². The minimum absolute atomic E-state index is 0.0460. The van der Waals surface area contributed by atoms with E-state index >= 15 is 0 Å². The van der Waals surface area contributed by atoms with Crippen LogP contribution in [0.4, 0.5) is 0 Å². The monoisotopic (exact) mass is 1010 g/mol. The van der Waals surface area contributed by atoms with Crippen molar-refractivity contribution in [2.75, 3.05) is 13.2 Å². The van der Waals surface area contributed by atoms with Crippen molar-refractivity contribution < 1.29 is 24.5 Å². The lowest BCUT2D eigenvalue weighted by Crippen LogP contribution is -2.45. The van der Waals surface area contributed by atoms with Crippen LogP contribution in [0.3, 0.4) is 0 Å². The molecule has 0 bridgehead atoms. The zero-order chi connectivity index (χ0) is 52.2. The largest absolute Gasteiger partial charge is 0.465 e.